The second kappa shape index (κ2) is 7.31. The highest BCUT2D eigenvalue weighted by atomic mass is 16.1. The Balaban J connectivity index is 1.73. The normalized spacial score (nSPS) is 17.6. The van der Waals surface area contributed by atoms with Crippen LogP contribution in [0.5, 0.6) is 0 Å². The van der Waals surface area contributed by atoms with Gasteiger partial charge in [-0.3, -0.25) is 9.69 Å². The van der Waals surface area contributed by atoms with Crippen LogP contribution < -0.4 is 0 Å². The van der Waals surface area contributed by atoms with Crippen molar-refractivity contribution in [1.82, 2.24) is 4.90 Å². The Morgan fingerprint density at radius 1 is 0.958 bits per heavy atom. The molecular weight excluding hydrogens is 294 g/mol. The van der Waals surface area contributed by atoms with Crippen molar-refractivity contribution in [2.45, 2.75) is 45.1 Å². The lowest BCUT2D eigenvalue weighted by Gasteiger charge is -2.40. The molecule has 0 bridgehead atoms. The van der Waals surface area contributed by atoms with Crippen LogP contribution in [-0.4, -0.2) is 23.8 Å². The van der Waals surface area contributed by atoms with Crippen molar-refractivity contribution in [3.8, 4) is 0 Å². The number of likely N-dealkylation sites (tertiary alicyclic amines) is 1. The summed E-state index contributed by atoms with van der Waals surface area (Å²) in [4.78, 5) is 15.0. The molecule has 0 radical (unpaired) electrons. The van der Waals surface area contributed by atoms with E-state index in [-0.39, 0.29) is 5.41 Å². The molecule has 126 valence electrons. The van der Waals surface area contributed by atoms with Gasteiger partial charge in [0.2, 0.25) is 0 Å². The number of ketones is 1. The number of rotatable bonds is 5. The van der Waals surface area contributed by atoms with Crippen LogP contribution >= 0.6 is 0 Å². The molecule has 0 unspecified atom stereocenters. The van der Waals surface area contributed by atoms with Gasteiger partial charge in [-0.2, -0.15) is 0 Å². The van der Waals surface area contributed by atoms with Crippen LogP contribution in [0.25, 0.3) is 0 Å². The molecule has 2 aromatic carbocycles. The smallest absolute Gasteiger partial charge is 0.140 e. The number of aryl methyl sites for hydroxylation is 1. The lowest BCUT2D eigenvalue weighted by Crippen LogP contribution is -2.46. The molecular formula is C22H27NO. The number of nitrogens with zero attached hydrogens (tertiary/aromatic N) is 1. The summed E-state index contributed by atoms with van der Waals surface area (Å²) in [5.74, 6) is 0.311. The molecule has 0 N–H and O–H groups in total. The molecule has 1 saturated heterocycles. The molecule has 0 amide bonds. The standard InChI is InChI=1S/C22H27NO/c1-3-19-9-11-21(12-10-19)22(18(2)24)13-15-23(16-14-22)17-20-7-5-4-6-8-20/h4-12H,3,13-17H2,1-2H3. The van der Waals surface area contributed by atoms with Crippen molar-refractivity contribution in [3.63, 3.8) is 0 Å². The van der Waals surface area contributed by atoms with Crippen molar-refractivity contribution >= 4 is 5.78 Å². The molecule has 2 heteroatoms. The third kappa shape index (κ3) is 3.44. The largest absolute Gasteiger partial charge is 0.299 e. The van der Waals surface area contributed by atoms with E-state index in [1.807, 2.05) is 0 Å². The van der Waals surface area contributed by atoms with Crippen LogP contribution in [0.4, 0.5) is 0 Å². The quantitative estimate of drug-likeness (QED) is 0.815. The Morgan fingerprint density at radius 2 is 1.58 bits per heavy atom. The Labute approximate surface area is 145 Å². The van der Waals surface area contributed by atoms with E-state index >= 15 is 0 Å². The number of carbonyl (C=O) groups excluding carboxylic acids is 1. The summed E-state index contributed by atoms with van der Waals surface area (Å²) in [7, 11) is 0. The zero-order chi connectivity index (χ0) is 17.0. The Bertz CT molecular complexity index is 667. The average molecular weight is 321 g/mol. The fourth-order valence-electron chi connectivity index (χ4n) is 3.84. The zero-order valence-corrected chi connectivity index (χ0v) is 14.8. The van der Waals surface area contributed by atoms with Gasteiger partial charge in [-0.05, 0) is 56.0 Å². The number of hydrogen-bond donors (Lipinski definition) is 0. The maximum absolute atomic E-state index is 12.5. The summed E-state index contributed by atoms with van der Waals surface area (Å²) in [6.45, 7) is 6.86. The monoisotopic (exact) mass is 321 g/mol. The van der Waals surface area contributed by atoms with E-state index in [1.165, 1.54) is 16.7 Å². The van der Waals surface area contributed by atoms with Gasteiger partial charge in [-0.15, -0.1) is 0 Å². The first-order chi connectivity index (χ1) is 11.6. The Kier molecular flexibility index (Phi) is 5.15. The maximum Gasteiger partial charge on any atom is 0.140 e. The zero-order valence-electron chi connectivity index (χ0n) is 14.8. The van der Waals surface area contributed by atoms with Crippen molar-refractivity contribution < 1.29 is 4.79 Å². The molecule has 2 aromatic rings. The Morgan fingerprint density at radius 3 is 2.12 bits per heavy atom. The van der Waals surface area contributed by atoms with E-state index in [4.69, 9.17) is 0 Å². The van der Waals surface area contributed by atoms with Crippen LogP contribution in [0.15, 0.2) is 54.6 Å². The molecule has 0 atom stereocenters. The second-order valence-electron chi connectivity index (χ2n) is 6.95. The van der Waals surface area contributed by atoms with Crippen molar-refractivity contribution in [1.29, 1.82) is 0 Å². The minimum absolute atomic E-state index is 0.292. The van der Waals surface area contributed by atoms with E-state index in [0.717, 1.165) is 38.9 Å². The number of carbonyl (C=O) groups is 1. The van der Waals surface area contributed by atoms with Gasteiger partial charge < -0.3 is 0 Å². The van der Waals surface area contributed by atoms with Gasteiger partial charge in [-0.1, -0.05) is 61.5 Å². The molecule has 1 fully saturated rings. The molecule has 0 spiro atoms. The summed E-state index contributed by atoms with van der Waals surface area (Å²) < 4.78 is 0. The van der Waals surface area contributed by atoms with E-state index in [2.05, 4.69) is 66.4 Å². The second-order valence-corrected chi connectivity index (χ2v) is 6.95. The van der Waals surface area contributed by atoms with Gasteiger partial charge in [0.1, 0.15) is 5.78 Å². The van der Waals surface area contributed by atoms with Crippen LogP contribution in [0, 0.1) is 0 Å². The minimum atomic E-state index is -0.292. The maximum atomic E-state index is 12.5. The molecule has 1 aliphatic rings. The lowest BCUT2D eigenvalue weighted by atomic mass is 9.70. The number of benzene rings is 2. The third-order valence-electron chi connectivity index (χ3n) is 5.55. The SMILES string of the molecule is CCc1ccc(C2(C(C)=O)CCN(Cc3ccccc3)CC2)cc1. The predicted molar refractivity (Wildman–Crippen MR) is 99.1 cm³/mol. The molecule has 2 nitrogen and oxygen atoms in total. The average Bonchev–Trinajstić information content (AvgIpc) is 2.63. The van der Waals surface area contributed by atoms with Gasteiger partial charge in [0, 0.05) is 6.54 Å². The van der Waals surface area contributed by atoms with Crippen LogP contribution in [0.3, 0.4) is 0 Å². The van der Waals surface area contributed by atoms with E-state index in [0.29, 0.717) is 5.78 Å². The van der Waals surface area contributed by atoms with Crippen LogP contribution in [0.1, 0.15) is 43.4 Å². The fraction of sp³-hybridized carbons (Fsp3) is 0.409. The lowest BCUT2D eigenvalue weighted by molar-refractivity contribution is -0.124. The first-order valence-electron chi connectivity index (χ1n) is 9.01. The van der Waals surface area contributed by atoms with Crippen molar-refractivity contribution in [2.75, 3.05) is 13.1 Å². The predicted octanol–water partition coefficient (Wildman–Crippen LogP) is 4.37. The van der Waals surface area contributed by atoms with Gasteiger partial charge in [0.25, 0.3) is 0 Å². The highest BCUT2D eigenvalue weighted by Crippen LogP contribution is 2.37. The van der Waals surface area contributed by atoms with Crippen molar-refractivity contribution in [3.05, 3.63) is 71.3 Å². The molecule has 1 aliphatic heterocycles. The van der Waals surface area contributed by atoms with Crippen molar-refractivity contribution in [2.24, 2.45) is 0 Å². The summed E-state index contributed by atoms with van der Waals surface area (Å²) in [5.41, 5.74) is 3.59. The summed E-state index contributed by atoms with van der Waals surface area (Å²) >= 11 is 0. The van der Waals surface area contributed by atoms with Gasteiger partial charge in [0.05, 0.1) is 5.41 Å². The summed E-state index contributed by atoms with van der Waals surface area (Å²) in [5, 5.41) is 0. The molecule has 0 aliphatic carbocycles. The van der Waals surface area contributed by atoms with Crippen LogP contribution in [0.2, 0.25) is 0 Å². The minimum Gasteiger partial charge on any atom is -0.299 e. The van der Waals surface area contributed by atoms with Gasteiger partial charge >= 0.3 is 0 Å². The number of hydrogen-bond acceptors (Lipinski definition) is 2. The molecule has 24 heavy (non-hydrogen) atoms. The van der Waals surface area contributed by atoms with Gasteiger partial charge in [0.15, 0.2) is 0 Å². The molecule has 0 aromatic heterocycles. The number of piperidine rings is 1. The topological polar surface area (TPSA) is 20.3 Å². The fourth-order valence-corrected chi connectivity index (χ4v) is 3.84. The molecule has 0 saturated carbocycles. The van der Waals surface area contributed by atoms with E-state index in [1.54, 1.807) is 6.92 Å². The number of Topliss-reactive ketones (excluding diaryl/α,β-unsaturated/α-hetero) is 1. The first-order valence-corrected chi connectivity index (χ1v) is 9.01. The van der Waals surface area contributed by atoms with E-state index in [9.17, 15) is 4.79 Å². The first kappa shape index (κ1) is 16.9. The molecule has 3 rings (SSSR count). The Hall–Kier alpha value is -1.93. The van der Waals surface area contributed by atoms with Crippen LogP contribution in [-0.2, 0) is 23.2 Å². The molecule has 1 heterocycles. The highest BCUT2D eigenvalue weighted by molar-refractivity contribution is 5.88. The highest BCUT2D eigenvalue weighted by Gasteiger charge is 2.40. The summed E-state index contributed by atoms with van der Waals surface area (Å²) in [6.07, 6.45) is 2.87. The van der Waals surface area contributed by atoms with Gasteiger partial charge in [-0.25, -0.2) is 0 Å². The summed E-state index contributed by atoms with van der Waals surface area (Å²) in [6, 6.07) is 19.3. The van der Waals surface area contributed by atoms with E-state index < -0.39 is 0 Å². The third-order valence-corrected chi connectivity index (χ3v) is 5.55.